The fourth-order valence-corrected chi connectivity index (χ4v) is 0.706. The van der Waals surface area contributed by atoms with Gasteiger partial charge in [0.2, 0.25) is 0 Å². The molecule has 13 heavy (non-hydrogen) atoms. The molecule has 0 aliphatic rings. The minimum Gasteiger partial charge on any atom is -0.395 e. The smallest absolute Gasteiger partial charge is 0.129 e. The molecule has 0 saturated heterocycles. The topological polar surface area (TPSA) is 42.8 Å². The van der Waals surface area contributed by atoms with Gasteiger partial charge in [-0.2, -0.15) is 0 Å². The Morgan fingerprint density at radius 1 is 1.23 bits per heavy atom. The van der Waals surface area contributed by atoms with Gasteiger partial charge in [0.25, 0.3) is 0 Å². The molecular weight excluding hydrogens is 168 g/mol. The molecule has 0 aliphatic carbocycles. The van der Waals surface area contributed by atoms with Crippen molar-refractivity contribution in [3.8, 4) is 0 Å². The highest BCUT2D eigenvalue weighted by Gasteiger charge is 1.87. The molecule has 0 aromatic heterocycles. The van der Waals surface area contributed by atoms with Gasteiger partial charge in [-0.15, -0.1) is 0 Å². The normalized spacial score (nSPS) is 9.77. The molecule has 1 N–H and O–H groups in total. The molecule has 4 nitrogen and oxygen atoms in total. The maximum absolute atomic E-state index is 5.15. The van der Waals surface area contributed by atoms with Crippen molar-refractivity contribution in [3.05, 3.63) is 0 Å². The van der Waals surface area contributed by atoms with Crippen molar-refractivity contribution in [2.45, 2.75) is 20.8 Å². The molecule has 0 unspecified atom stereocenters. The minimum absolute atomic E-state index is 0.608. The Kier molecular flexibility index (Phi) is 9.03. The highest BCUT2D eigenvalue weighted by atomic mass is 16.6. The van der Waals surface area contributed by atoms with Crippen LogP contribution in [0.1, 0.15) is 20.8 Å². The summed E-state index contributed by atoms with van der Waals surface area (Å²) in [4.78, 5) is 4.99. The molecule has 78 valence electrons. The Morgan fingerprint density at radius 3 is 2.54 bits per heavy atom. The molecule has 0 aliphatic heterocycles. The van der Waals surface area contributed by atoms with Crippen LogP contribution in [0.25, 0.3) is 0 Å². The maximum atomic E-state index is 5.15. The van der Waals surface area contributed by atoms with Crippen molar-refractivity contribution >= 4 is 5.71 Å². The molecule has 0 radical (unpaired) electrons. The van der Waals surface area contributed by atoms with Gasteiger partial charge in [-0.1, -0.05) is 5.16 Å². The van der Waals surface area contributed by atoms with E-state index in [1.54, 1.807) is 0 Å². The number of hydrogen-bond donors (Lipinski definition) is 1. The number of rotatable bonds is 8. The zero-order chi connectivity index (χ0) is 9.94. The first-order valence-electron chi connectivity index (χ1n) is 4.69. The molecular formula is C9H20N2O2. The Morgan fingerprint density at radius 2 is 1.92 bits per heavy atom. The van der Waals surface area contributed by atoms with Crippen molar-refractivity contribution in [2.75, 3.05) is 32.9 Å². The van der Waals surface area contributed by atoms with E-state index in [2.05, 4.69) is 10.5 Å². The van der Waals surface area contributed by atoms with Gasteiger partial charge in [0.05, 0.1) is 12.3 Å². The molecule has 0 bridgehead atoms. The van der Waals surface area contributed by atoms with E-state index in [0.717, 1.165) is 32.0 Å². The van der Waals surface area contributed by atoms with Crippen molar-refractivity contribution in [2.24, 2.45) is 5.16 Å². The lowest BCUT2D eigenvalue weighted by molar-refractivity contribution is 0.132. The van der Waals surface area contributed by atoms with Gasteiger partial charge in [0.15, 0.2) is 0 Å². The van der Waals surface area contributed by atoms with Crippen LogP contribution in [-0.2, 0) is 9.57 Å². The largest absolute Gasteiger partial charge is 0.395 e. The third-order valence-electron chi connectivity index (χ3n) is 1.24. The summed E-state index contributed by atoms with van der Waals surface area (Å²) in [7, 11) is 0. The average molecular weight is 188 g/mol. The Balaban J connectivity index is 2.96. The van der Waals surface area contributed by atoms with Crippen LogP contribution in [0.15, 0.2) is 5.16 Å². The fraction of sp³-hybridized carbons (Fsp3) is 0.889. The third-order valence-corrected chi connectivity index (χ3v) is 1.24. The molecule has 0 heterocycles. The zero-order valence-corrected chi connectivity index (χ0v) is 8.80. The van der Waals surface area contributed by atoms with E-state index in [1.807, 2.05) is 20.8 Å². The lowest BCUT2D eigenvalue weighted by Gasteiger charge is -2.03. The SMILES string of the molecule is CCOCCNCCON=C(C)C. The Labute approximate surface area is 80.3 Å². The quantitative estimate of drug-likeness (QED) is 0.351. The average Bonchev–Trinajstić information content (AvgIpc) is 2.09. The second kappa shape index (κ2) is 9.48. The summed E-state index contributed by atoms with van der Waals surface area (Å²) in [6, 6.07) is 0. The van der Waals surface area contributed by atoms with Crippen LogP contribution in [-0.4, -0.2) is 38.6 Å². The van der Waals surface area contributed by atoms with E-state index in [0.29, 0.717) is 6.61 Å². The van der Waals surface area contributed by atoms with Crippen LogP contribution in [0, 0.1) is 0 Å². The second-order valence-corrected chi connectivity index (χ2v) is 2.82. The molecule has 0 aromatic carbocycles. The summed E-state index contributed by atoms with van der Waals surface area (Å²) < 4.78 is 5.15. The predicted molar refractivity (Wildman–Crippen MR) is 54.1 cm³/mol. The zero-order valence-electron chi connectivity index (χ0n) is 8.80. The molecule has 0 spiro atoms. The van der Waals surface area contributed by atoms with E-state index < -0.39 is 0 Å². The fourth-order valence-electron chi connectivity index (χ4n) is 0.706. The van der Waals surface area contributed by atoms with Gasteiger partial charge in [0.1, 0.15) is 6.61 Å². The standard InChI is InChI=1S/C9H20N2O2/c1-4-12-7-5-10-6-8-13-11-9(2)3/h10H,4-8H2,1-3H3. The first-order chi connectivity index (χ1) is 6.27. The summed E-state index contributed by atoms with van der Waals surface area (Å²) in [5, 5.41) is 6.98. The summed E-state index contributed by atoms with van der Waals surface area (Å²) in [6.45, 7) is 9.62. The third kappa shape index (κ3) is 11.4. The number of oxime groups is 1. The molecule has 0 saturated carbocycles. The number of ether oxygens (including phenoxy) is 1. The van der Waals surface area contributed by atoms with Gasteiger partial charge in [-0.05, 0) is 20.8 Å². The summed E-state index contributed by atoms with van der Waals surface area (Å²) >= 11 is 0. The van der Waals surface area contributed by atoms with Crippen LogP contribution in [0.3, 0.4) is 0 Å². The van der Waals surface area contributed by atoms with Crippen LogP contribution < -0.4 is 5.32 Å². The van der Waals surface area contributed by atoms with Crippen molar-refractivity contribution in [1.29, 1.82) is 0 Å². The van der Waals surface area contributed by atoms with Crippen LogP contribution >= 0.6 is 0 Å². The van der Waals surface area contributed by atoms with Gasteiger partial charge in [0, 0.05) is 19.7 Å². The number of nitrogens with zero attached hydrogens (tertiary/aromatic N) is 1. The predicted octanol–water partition coefficient (Wildman–Crippen LogP) is 1.02. The Hall–Kier alpha value is -0.610. The molecule has 4 heteroatoms. The van der Waals surface area contributed by atoms with E-state index >= 15 is 0 Å². The van der Waals surface area contributed by atoms with E-state index in [4.69, 9.17) is 9.57 Å². The summed E-state index contributed by atoms with van der Waals surface area (Å²) in [6.07, 6.45) is 0. The maximum Gasteiger partial charge on any atom is 0.129 e. The van der Waals surface area contributed by atoms with Gasteiger partial charge in [-0.25, -0.2) is 0 Å². The first-order valence-corrected chi connectivity index (χ1v) is 4.69. The number of hydrogen-bond acceptors (Lipinski definition) is 4. The van der Waals surface area contributed by atoms with E-state index in [-0.39, 0.29) is 0 Å². The highest BCUT2D eigenvalue weighted by Crippen LogP contribution is 1.78. The number of nitrogens with one attached hydrogen (secondary N) is 1. The minimum atomic E-state index is 0.608. The van der Waals surface area contributed by atoms with Gasteiger partial charge >= 0.3 is 0 Å². The molecule has 0 aromatic rings. The molecule has 0 atom stereocenters. The second-order valence-electron chi connectivity index (χ2n) is 2.82. The van der Waals surface area contributed by atoms with E-state index in [1.165, 1.54) is 0 Å². The molecule has 0 fully saturated rings. The first kappa shape index (κ1) is 12.4. The summed E-state index contributed by atoms with van der Waals surface area (Å²) in [5.74, 6) is 0. The lowest BCUT2D eigenvalue weighted by atomic mass is 10.5. The molecule has 0 amide bonds. The van der Waals surface area contributed by atoms with E-state index in [9.17, 15) is 0 Å². The Bertz CT molecular complexity index is 134. The van der Waals surface area contributed by atoms with Crippen molar-refractivity contribution in [3.63, 3.8) is 0 Å². The van der Waals surface area contributed by atoms with Crippen molar-refractivity contribution < 1.29 is 9.57 Å². The summed E-state index contributed by atoms with van der Waals surface area (Å²) in [5.41, 5.74) is 0.939. The van der Waals surface area contributed by atoms with Gasteiger partial charge in [-0.3, -0.25) is 0 Å². The van der Waals surface area contributed by atoms with Crippen LogP contribution in [0.4, 0.5) is 0 Å². The van der Waals surface area contributed by atoms with Crippen LogP contribution in [0.5, 0.6) is 0 Å². The van der Waals surface area contributed by atoms with Crippen LogP contribution in [0.2, 0.25) is 0 Å². The lowest BCUT2D eigenvalue weighted by Crippen LogP contribution is -2.23. The van der Waals surface area contributed by atoms with Crippen molar-refractivity contribution in [1.82, 2.24) is 5.32 Å². The molecule has 0 rings (SSSR count). The highest BCUT2D eigenvalue weighted by molar-refractivity contribution is 5.78. The monoisotopic (exact) mass is 188 g/mol. The van der Waals surface area contributed by atoms with Gasteiger partial charge < -0.3 is 14.9 Å².